The molecule has 4 aromatic rings. The molecular weight excluding hydrogens is 415 g/mol. The van der Waals surface area contributed by atoms with Crippen LogP contribution in [0.4, 0.5) is 15.8 Å². The maximum Gasteiger partial charge on any atom is 0.198 e. The van der Waals surface area contributed by atoms with Crippen LogP contribution in [0.3, 0.4) is 0 Å². The molecule has 1 unspecified atom stereocenters. The predicted molar refractivity (Wildman–Crippen MR) is 132 cm³/mol. The van der Waals surface area contributed by atoms with Gasteiger partial charge in [0, 0.05) is 48.5 Å². The summed E-state index contributed by atoms with van der Waals surface area (Å²) < 4.78 is 13.6. The number of nitrogens with one attached hydrogen (secondary N) is 2. The number of H-pyrrole nitrogens is 1. The SMILES string of the molecule is Cc1cc(N=Cc2c(O)[nH]c3ccc(F)cc23)ccc1NC1CCN(Cc2ccccc2)C1. The summed E-state index contributed by atoms with van der Waals surface area (Å²) in [6.07, 6.45) is 2.69. The summed E-state index contributed by atoms with van der Waals surface area (Å²) in [5, 5.41) is 14.5. The van der Waals surface area contributed by atoms with Gasteiger partial charge in [0.25, 0.3) is 0 Å². The Morgan fingerprint density at radius 2 is 2.00 bits per heavy atom. The molecule has 2 heterocycles. The van der Waals surface area contributed by atoms with Gasteiger partial charge in [0.2, 0.25) is 0 Å². The van der Waals surface area contributed by atoms with Gasteiger partial charge in [-0.05, 0) is 60.9 Å². The Morgan fingerprint density at radius 3 is 2.82 bits per heavy atom. The van der Waals surface area contributed by atoms with Crippen LogP contribution in [0.2, 0.25) is 0 Å². The van der Waals surface area contributed by atoms with Crippen molar-refractivity contribution < 1.29 is 9.50 Å². The topological polar surface area (TPSA) is 63.7 Å². The molecule has 1 saturated heterocycles. The number of aromatic amines is 1. The normalized spacial score (nSPS) is 16.7. The molecule has 3 N–H and O–H groups in total. The van der Waals surface area contributed by atoms with Gasteiger partial charge in [-0.15, -0.1) is 0 Å². The number of rotatable bonds is 6. The largest absolute Gasteiger partial charge is 0.494 e. The first kappa shape index (κ1) is 21.2. The van der Waals surface area contributed by atoms with Crippen molar-refractivity contribution in [2.75, 3.05) is 18.4 Å². The molecule has 0 aliphatic carbocycles. The van der Waals surface area contributed by atoms with Crippen molar-refractivity contribution in [1.82, 2.24) is 9.88 Å². The monoisotopic (exact) mass is 442 g/mol. The number of aromatic nitrogens is 1. The molecule has 3 aromatic carbocycles. The molecule has 168 valence electrons. The minimum atomic E-state index is -0.350. The van der Waals surface area contributed by atoms with Gasteiger partial charge in [-0.3, -0.25) is 9.89 Å². The molecule has 6 heteroatoms. The summed E-state index contributed by atoms with van der Waals surface area (Å²) in [4.78, 5) is 9.86. The highest BCUT2D eigenvalue weighted by Crippen LogP contribution is 2.28. The number of nitrogens with zero attached hydrogens (tertiary/aromatic N) is 2. The maximum atomic E-state index is 13.6. The number of fused-ring (bicyclic) bond motifs is 1. The average molecular weight is 443 g/mol. The number of aryl methyl sites for hydroxylation is 1. The number of hydrogen-bond donors (Lipinski definition) is 3. The van der Waals surface area contributed by atoms with Crippen LogP contribution in [-0.2, 0) is 6.54 Å². The van der Waals surface area contributed by atoms with Gasteiger partial charge in [0.05, 0.1) is 11.3 Å². The second kappa shape index (κ2) is 9.08. The first-order chi connectivity index (χ1) is 16.0. The summed E-state index contributed by atoms with van der Waals surface area (Å²) in [5.41, 5.74) is 5.50. The van der Waals surface area contributed by atoms with E-state index in [-0.39, 0.29) is 11.7 Å². The molecule has 1 aliphatic rings. The fraction of sp³-hybridized carbons (Fsp3) is 0.222. The number of aliphatic imine (C=N–C) groups is 1. The van der Waals surface area contributed by atoms with Crippen molar-refractivity contribution in [3.63, 3.8) is 0 Å². The molecule has 1 aromatic heterocycles. The van der Waals surface area contributed by atoms with Crippen molar-refractivity contribution in [2.24, 2.45) is 4.99 Å². The Labute approximate surface area is 192 Å². The van der Waals surface area contributed by atoms with E-state index in [2.05, 4.69) is 63.5 Å². The molecule has 5 nitrogen and oxygen atoms in total. The maximum absolute atomic E-state index is 13.6. The number of likely N-dealkylation sites (tertiary alicyclic amines) is 1. The van der Waals surface area contributed by atoms with E-state index in [1.165, 1.54) is 17.7 Å². The van der Waals surface area contributed by atoms with Gasteiger partial charge < -0.3 is 15.4 Å². The van der Waals surface area contributed by atoms with Crippen molar-refractivity contribution in [3.8, 4) is 5.88 Å². The lowest BCUT2D eigenvalue weighted by molar-refractivity contribution is 0.328. The van der Waals surface area contributed by atoms with Crippen LogP contribution in [-0.4, -0.2) is 40.3 Å². The fourth-order valence-electron chi connectivity index (χ4n) is 4.49. The van der Waals surface area contributed by atoms with Crippen molar-refractivity contribution >= 4 is 28.5 Å². The molecule has 0 saturated carbocycles. The second-order valence-electron chi connectivity index (χ2n) is 8.69. The highest BCUT2D eigenvalue weighted by atomic mass is 19.1. The Bertz CT molecular complexity index is 1300. The quantitative estimate of drug-likeness (QED) is 0.333. The molecule has 0 amide bonds. The molecule has 33 heavy (non-hydrogen) atoms. The van der Waals surface area contributed by atoms with Crippen molar-refractivity contribution in [2.45, 2.75) is 25.9 Å². The molecule has 1 atom stereocenters. The van der Waals surface area contributed by atoms with Crippen LogP contribution in [0.25, 0.3) is 10.9 Å². The predicted octanol–water partition coefficient (Wildman–Crippen LogP) is 5.76. The van der Waals surface area contributed by atoms with Crippen LogP contribution in [0.1, 0.15) is 23.1 Å². The number of halogens is 1. The second-order valence-corrected chi connectivity index (χ2v) is 8.69. The first-order valence-corrected chi connectivity index (χ1v) is 11.2. The van der Waals surface area contributed by atoms with Crippen LogP contribution >= 0.6 is 0 Å². The van der Waals surface area contributed by atoms with Crippen molar-refractivity contribution in [1.29, 1.82) is 0 Å². The zero-order valence-corrected chi connectivity index (χ0v) is 18.6. The van der Waals surface area contributed by atoms with Gasteiger partial charge in [-0.25, -0.2) is 4.39 Å². The number of benzene rings is 3. The lowest BCUT2D eigenvalue weighted by atomic mass is 10.1. The van der Waals surface area contributed by atoms with E-state index >= 15 is 0 Å². The number of anilines is 1. The van der Waals surface area contributed by atoms with Crippen LogP contribution in [0.15, 0.2) is 71.7 Å². The highest BCUT2D eigenvalue weighted by molar-refractivity contribution is 6.02. The van der Waals surface area contributed by atoms with Gasteiger partial charge >= 0.3 is 0 Å². The third-order valence-electron chi connectivity index (χ3n) is 6.21. The van der Waals surface area contributed by atoms with E-state index in [0.29, 0.717) is 22.5 Å². The van der Waals surface area contributed by atoms with E-state index < -0.39 is 0 Å². The average Bonchev–Trinajstić information content (AvgIpc) is 3.37. The molecule has 0 bridgehead atoms. The van der Waals surface area contributed by atoms with E-state index in [0.717, 1.165) is 43.0 Å². The molecule has 0 radical (unpaired) electrons. The van der Waals surface area contributed by atoms with E-state index in [1.807, 2.05) is 12.1 Å². The molecule has 0 spiro atoms. The minimum absolute atomic E-state index is 0.0179. The minimum Gasteiger partial charge on any atom is -0.494 e. The number of aromatic hydroxyl groups is 1. The van der Waals surface area contributed by atoms with Crippen LogP contribution in [0.5, 0.6) is 5.88 Å². The third kappa shape index (κ3) is 4.76. The van der Waals surface area contributed by atoms with Gasteiger partial charge in [0.15, 0.2) is 5.88 Å². The van der Waals surface area contributed by atoms with E-state index in [4.69, 9.17) is 0 Å². The van der Waals surface area contributed by atoms with Gasteiger partial charge in [-0.1, -0.05) is 30.3 Å². The van der Waals surface area contributed by atoms with Gasteiger partial charge in [0.1, 0.15) is 5.82 Å². The molecule has 1 aliphatic heterocycles. The molecular formula is C27H27FN4O. The summed E-state index contributed by atoms with van der Waals surface area (Å²) in [7, 11) is 0. The Morgan fingerprint density at radius 1 is 1.15 bits per heavy atom. The number of hydrogen-bond acceptors (Lipinski definition) is 4. The smallest absolute Gasteiger partial charge is 0.198 e. The Hall–Kier alpha value is -3.64. The van der Waals surface area contributed by atoms with Crippen LogP contribution < -0.4 is 5.32 Å². The standard InChI is InChI=1S/C27H27FN4O/c1-18-13-21(29-15-24-23-14-20(28)7-9-26(23)31-27(24)33)8-10-25(18)30-22-11-12-32(17-22)16-19-5-3-2-4-6-19/h2-10,13-15,22,30-31,33H,11-12,16-17H2,1H3. The third-order valence-corrected chi connectivity index (χ3v) is 6.21. The summed E-state index contributed by atoms with van der Waals surface area (Å²) in [6, 6.07) is 21.4. The summed E-state index contributed by atoms with van der Waals surface area (Å²) in [6.45, 7) is 5.15. The summed E-state index contributed by atoms with van der Waals surface area (Å²) in [5.74, 6) is -0.368. The molecule has 5 rings (SSSR count). The zero-order chi connectivity index (χ0) is 22.8. The first-order valence-electron chi connectivity index (χ1n) is 11.2. The van der Waals surface area contributed by atoms with Gasteiger partial charge in [-0.2, -0.15) is 0 Å². The highest BCUT2D eigenvalue weighted by Gasteiger charge is 2.22. The Balaban J connectivity index is 1.25. The Kier molecular flexibility index (Phi) is 5.84. The van der Waals surface area contributed by atoms with E-state index in [9.17, 15) is 9.50 Å². The molecule has 1 fully saturated rings. The zero-order valence-electron chi connectivity index (χ0n) is 18.6. The lowest BCUT2D eigenvalue weighted by Crippen LogP contribution is -2.26. The van der Waals surface area contributed by atoms with Crippen LogP contribution in [0, 0.1) is 12.7 Å². The van der Waals surface area contributed by atoms with E-state index in [1.54, 1.807) is 12.3 Å². The van der Waals surface area contributed by atoms with Crippen molar-refractivity contribution in [3.05, 3.63) is 89.2 Å². The lowest BCUT2D eigenvalue weighted by Gasteiger charge is -2.18. The fourth-order valence-corrected chi connectivity index (χ4v) is 4.49. The summed E-state index contributed by atoms with van der Waals surface area (Å²) >= 11 is 0.